The Morgan fingerprint density at radius 3 is 2.89 bits per heavy atom. The molecule has 1 amide bonds. The average Bonchev–Trinajstić information content (AvgIpc) is 2.74. The van der Waals surface area contributed by atoms with Crippen LogP contribution in [0.1, 0.15) is 19.3 Å². The normalized spacial score (nSPS) is 21.9. The first-order valence-corrected chi connectivity index (χ1v) is 6.02. The van der Waals surface area contributed by atoms with E-state index in [1.807, 2.05) is 0 Å². The summed E-state index contributed by atoms with van der Waals surface area (Å²) in [6.07, 6.45) is 1.47. The van der Waals surface area contributed by atoms with E-state index in [1.165, 1.54) is 18.2 Å². The third-order valence-electron chi connectivity index (χ3n) is 3.00. The van der Waals surface area contributed by atoms with Gasteiger partial charge in [0.2, 0.25) is 0 Å². The molecule has 1 saturated carbocycles. The molecule has 7 heteroatoms. The third-order valence-corrected chi connectivity index (χ3v) is 3.00. The fraction of sp³-hybridized carbons (Fsp3) is 0.417. The van der Waals surface area contributed by atoms with Gasteiger partial charge in [0.15, 0.2) is 0 Å². The summed E-state index contributed by atoms with van der Waals surface area (Å²) in [6, 6.07) is 5.78. The first-order valence-electron chi connectivity index (χ1n) is 6.02. The topological polar surface area (TPSA) is 107 Å². The van der Waals surface area contributed by atoms with Gasteiger partial charge in [-0.25, -0.2) is 4.79 Å². The minimum absolute atomic E-state index is 0.0793. The molecule has 1 aliphatic carbocycles. The Hall–Kier alpha value is -2.15. The molecular formula is C12H15N3O4. The van der Waals surface area contributed by atoms with Gasteiger partial charge in [0.05, 0.1) is 10.6 Å². The summed E-state index contributed by atoms with van der Waals surface area (Å²) in [5.74, 6) is 0. The number of carbonyl (C=O) groups is 1. The summed E-state index contributed by atoms with van der Waals surface area (Å²) >= 11 is 0. The summed E-state index contributed by atoms with van der Waals surface area (Å²) < 4.78 is 5.19. The van der Waals surface area contributed by atoms with Crippen molar-refractivity contribution in [3.63, 3.8) is 0 Å². The number of anilines is 1. The number of amides is 1. The maximum absolute atomic E-state index is 11.6. The number of nitro benzene ring substituents is 1. The second-order valence-electron chi connectivity index (χ2n) is 4.53. The number of nitro groups is 1. The van der Waals surface area contributed by atoms with Crippen molar-refractivity contribution in [2.24, 2.45) is 5.73 Å². The summed E-state index contributed by atoms with van der Waals surface area (Å²) in [5.41, 5.74) is 5.97. The Labute approximate surface area is 109 Å². The minimum atomic E-state index is -0.611. The number of benzene rings is 1. The zero-order valence-corrected chi connectivity index (χ0v) is 10.2. The summed E-state index contributed by atoms with van der Waals surface area (Å²) in [7, 11) is 0. The van der Waals surface area contributed by atoms with Crippen molar-refractivity contribution in [3.8, 4) is 0 Å². The van der Waals surface area contributed by atoms with E-state index in [9.17, 15) is 14.9 Å². The van der Waals surface area contributed by atoms with Crippen LogP contribution in [0.15, 0.2) is 24.3 Å². The van der Waals surface area contributed by atoms with E-state index in [0.29, 0.717) is 12.1 Å². The zero-order chi connectivity index (χ0) is 13.8. The maximum atomic E-state index is 11.6. The second-order valence-corrected chi connectivity index (χ2v) is 4.53. The number of nitrogens with zero attached hydrogens (tertiary/aromatic N) is 1. The molecule has 2 rings (SSSR count). The Kier molecular flexibility index (Phi) is 3.96. The van der Waals surface area contributed by atoms with E-state index >= 15 is 0 Å². The first-order chi connectivity index (χ1) is 9.04. The Morgan fingerprint density at radius 2 is 2.26 bits per heavy atom. The molecule has 2 atom stereocenters. The predicted molar refractivity (Wildman–Crippen MR) is 68.8 cm³/mol. The van der Waals surface area contributed by atoms with Crippen molar-refractivity contribution in [2.75, 3.05) is 5.32 Å². The lowest BCUT2D eigenvalue weighted by atomic mass is 10.3. The van der Waals surface area contributed by atoms with E-state index in [2.05, 4.69) is 5.32 Å². The summed E-state index contributed by atoms with van der Waals surface area (Å²) in [6.45, 7) is 0. The third kappa shape index (κ3) is 3.65. The molecule has 1 aromatic carbocycles. The maximum Gasteiger partial charge on any atom is 0.411 e. The van der Waals surface area contributed by atoms with Crippen LogP contribution >= 0.6 is 0 Å². The fourth-order valence-corrected chi connectivity index (χ4v) is 2.08. The van der Waals surface area contributed by atoms with Crippen molar-refractivity contribution in [1.82, 2.24) is 0 Å². The number of nitrogens with two attached hydrogens (primary N) is 1. The minimum Gasteiger partial charge on any atom is -0.446 e. The average molecular weight is 265 g/mol. The Balaban J connectivity index is 1.91. The Morgan fingerprint density at radius 1 is 1.47 bits per heavy atom. The molecule has 1 aliphatic rings. The van der Waals surface area contributed by atoms with Crippen molar-refractivity contribution in [2.45, 2.75) is 31.4 Å². The highest BCUT2D eigenvalue weighted by Gasteiger charge is 2.25. The monoisotopic (exact) mass is 265 g/mol. The van der Waals surface area contributed by atoms with Crippen LogP contribution in [0, 0.1) is 10.1 Å². The van der Waals surface area contributed by atoms with Crippen LogP contribution in [0.3, 0.4) is 0 Å². The van der Waals surface area contributed by atoms with Crippen LogP contribution in [0.4, 0.5) is 16.2 Å². The highest BCUT2D eigenvalue weighted by atomic mass is 16.6. The van der Waals surface area contributed by atoms with Gasteiger partial charge in [-0.2, -0.15) is 0 Å². The molecule has 0 aliphatic heterocycles. The molecule has 7 nitrogen and oxygen atoms in total. The predicted octanol–water partition coefficient (Wildman–Crippen LogP) is 2.02. The standard InChI is InChI=1S/C12H15N3O4/c13-8-4-5-11(6-8)19-12(16)14-9-2-1-3-10(7-9)15(17)18/h1-3,7-8,11H,4-6,13H2,(H,14,16). The van der Waals surface area contributed by atoms with Gasteiger partial charge in [-0.3, -0.25) is 15.4 Å². The van der Waals surface area contributed by atoms with E-state index in [4.69, 9.17) is 10.5 Å². The van der Waals surface area contributed by atoms with Gasteiger partial charge in [-0.1, -0.05) is 6.07 Å². The molecule has 0 heterocycles. The van der Waals surface area contributed by atoms with Crippen molar-refractivity contribution in [1.29, 1.82) is 0 Å². The largest absolute Gasteiger partial charge is 0.446 e. The Bertz CT molecular complexity index is 492. The quantitative estimate of drug-likeness (QED) is 0.642. The smallest absolute Gasteiger partial charge is 0.411 e. The molecule has 102 valence electrons. The summed E-state index contributed by atoms with van der Waals surface area (Å²) in [5, 5.41) is 13.1. The number of ether oxygens (including phenoxy) is 1. The van der Waals surface area contributed by atoms with E-state index in [-0.39, 0.29) is 17.8 Å². The van der Waals surface area contributed by atoms with E-state index < -0.39 is 11.0 Å². The molecule has 3 N–H and O–H groups in total. The van der Waals surface area contributed by atoms with E-state index in [0.717, 1.165) is 12.8 Å². The van der Waals surface area contributed by atoms with Crippen LogP contribution in [0.5, 0.6) is 0 Å². The first kappa shape index (κ1) is 13.3. The van der Waals surface area contributed by atoms with Gasteiger partial charge < -0.3 is 10.5 Å². The van der Waals surface area contributed by atoms with Crippen molar-refractivity contribution in [3.05, 3.63) is 34.4 Å². The molecule has 0 saturated heterocycles. The lowest BCUT2D eigenvalue weighted by molar-refractivity contribution is -0.384. The molecular weight excluding hydrogens is 250 g/mol. The van der Waals surface area contributed by atoms with Gasteiger partial charge in [-0.05, 0) is 25.3 Å². The molecule has 1 fully saturated rings. The number of nitrogens with one attached hydrogen (secondary N) is 1. The zero-order valence-electron chi connectivity index (χ0n) is 10.2. The second kappa shape index (κ2) is 5.66. The van der Waals surface area contributed by atoms with Crippen LogP contribution in [-0.2, 0) is 4.74 Å². The van der Waals surface area contributed by atoms with Gasteiger partial charge in [0, 0.05) is 18.2 Å². The van der Waals surface area contributed by atoms with Gasteiger partial charge >= 0.3 is 6.09 Å². The van der Waals surface area contributed by atoms with Gasteiger partial charge in [0.1, 0.15) is 6.10 Å². The number of non-ortho nitro benzene ring substituents is 1. The van der Waals surface area contributed by atoms with Crippen LogP contribution in [0.25, 0.3) is 0 Å². The molecule has 0 spiro atoms. The highest BCUT2D eigenvalue weighted by molar-refractivity contribution is 5.85. The molecule has 0 bridgehead atoms. The van der Waals surface area contributed by atoms with Crippen LogP contribution in [-0.4, -0.2) is 23.2 Å². The van der Waals surface area contributed by atoms with Crippen LogP contribution < -0.4 is 11.1 Å². The van der Waals surface area contributed by atoms with Gasteiger partial charge in [0.25, 0.3) is 5.69 Å². The number of rotatable bonds is 3. The van der Waals surface area contributed by atoms with Gasteiger partial charge in [-0.15, -0.1) is 0 Å². The molecule has 19 heavy (non-hydrogen) atoms. The number of hydrogen-bond donors (Lipinski definition) is 2. The molecule has 0 radical (unpaired) electrons. The molecule has 2 unspecified atom stereocenters. The number of hydrogen-bond acceptors (Lipinski definition) is 5. The van der Waals surface area contributed by atoms with Crippen LogP contribution in [0.2, 0.25) is 0 Å². The fourth-order valence-electron chi connectivity index (χ4n) is 2.08. The molecule has 0 aromatic heterocycles. The highest BCUT2D eigenvalue weighted by Crippen LogP contribution is 2.22. The summed E-state index contributed by atoms with van der Waals surface area (Å²) in [4.78, 5) is 21.7. The lowest BCUT2D eigenvalue weighted by Crippen LogP contribution is -2.22. The molecule has 1 aromatic rings. The lowest BCUT2D eigenvalue weighted by Gasteiger charge is -2.12. The SMILES string of the molecule is NC1CCC(OC(=O)Nc2cccc([N+](=O)[O-])c2)C1. The van der Waals surface area contributed by atoms with Crippen molar-refractivity contribution < 1.29 is 14.5 Å². The number of carbonyl (C=O) groups excluding carboxylic acids is 1. The van der Waals surface area contributed by atoms with Crippen molar-refractivity contribution >= 4 is 17.5 Å². The van der Waals surface area contributed by atoms with E-state index in [1.54, 1.807) is 6.07 Å².